The zero-order valence-corrected chi connectivity index (χ0v) is 28.4. The molecular formula is C35H43BrClN5O2. The number of benzene rings is 2. The Morgan fingerprint density at radius 2 is 1.66 bits per heavy atom. The van der Waals surface area contributed by atoms with Crippen LogP contribution in [0.5, 0.6) is 5.75 Å². The average molecular weight is 681 g/mol. The third kappa shape index (κ3) is 7.64. The van der Waals surface area contributed by atoms with Gasteiger partial charge >= 0.3 is 0 Å². The molecule has 6 rings (SSSR count). The molecule has 1 atom stereocenters. The van der Waals surface area contributed by atoms with E-state index in [0.717, 1.165) is 85.9 Å². The highest BCUT2D eigenvalue weighted by molar-refractivity contribution is 9.10. The van der Waals surface area contributed by atoms with E-state index < -0.39 is 0 Å². The third-order valence-electron chi connectivity index (χ3n) is 8.81. The molecule has 0 N–H and O–H groups in total. The summed E-state index contributed by atoms with van der Waals surface area (Å²) in [5.41, 5.74) is 4.97. The van der Waals surface area contributed by atoms with Crippen LogP contribution in [0.1, 0.15) is 61.5 Å². The topological polar surface area (TPSA) is 61.3 Å². The SMILES string of the molecule is CC.CN=C(Oc1ccccc1)N1CCC(CC(=O)N2CCN(C3c4ccc(Cl)cc4CCc4cc(Br)cnc43)CC2)CC1. The molecule has 0 radical (unpaired) electrons. The number of fused-ring (bicyclic) bond motifs is 2. The highest BCUT2D eigenvalue weighted by atomic mass is 79.9. The summed E-state index contributed by atoms with van der Waals surface area (Å²) in [6.07, 6.45) is 6.31. The molecule has 3 aliphatic rings. The molecule has 2 fully saturated rings. The molecule has 234 valence electrons. The molecule has 0 saturated carbocycles. The average Bonchev–Trinajstić information content (AvgIpc) is 3.21. The summed E-state index contributed by atoms with van der Waals surface area (Å²) in [6.45, 7) is 8.81. The zero-order chi connectivity index (χ0) is 31.1. The number of amidine groups is 1. The number of hydrogen-bond acceptors (Lipinski definition) is 5. The number of piperazine rings is 1. The van der Waals surface area contributed by atoms with Crippen LogP contribution in [0.2, 0.25) is 5.02 Å². The zero-order valence-electron chi connectivity index (χ0n) is 26.0. The number of halogens is 2. The summed E-state index contributed by atoms with van der Waals surface area (Å²) >= 11 is 10.0. The lowest BCUT2D eigenvalue weighted by atomic mass is 9.93. The fourth-order valence-corrected chi connectivity index (χ4v) is 7.13. The maximum absolute atomic E-state index is 13.4. The molecule has 1 aromatic heterocycles. The molecule has 2 saturated heterocycles. The number of para-hydroxylation sites is 1. The van der Waals surface area contributed by atoms with Gasteiger partial charge in [-0.25, -0.2) is 4.99 Å². The number of likely N-dealkylation sites (tertiary alicyclic amines) is 1. The molecule has 1 unspecified atom stereocenters. The number of rotatable bonds is 4. The fraction of sp³-hybridized carbons (Fsp3) is 0.457. The number of piperidine rings is 1. The molecule has 9 heteroatoms. The van der Waals surface area contributed by atoms with Crippen LogP contribution in [-0.4, -0.2) is 77.9 Å². The largest absolute Gasteiger partial charge is 0.426 e. The smallest absolute Gasteiger partial charge is 0.292 e. The monoisotopic (exact) mass is 679 g/mol. The molecule has 0 spiro atoms. The number of carbonyl (C=O) groups excluding carboxylic acids is 1. The van der Waals surface area contributed by atoms with E-state index in [0.29, 0.717) is 18.4 Å². The first-order chi connectivity index (χ1) is 21.5. The van der Waals surface area contributed by atoms with Gasteiger partial charge in [-0.3, -0.25) is 14.7 Å². The molecule has 3 aromatic rings. The highest BCUT2D eigenvalue weighted by Gasteiger charge is 2.34. The van der Waals surface area contributed by atoms with Crippen molar-refractivity contribution in [2.24, 2.45) is 10.9 Å². The van der Waals surface area contributed by atoms with E-state index in [1.54, 1.807) is 7.05 Å². The third-order valence-corrected chi connectivity index (χ3v) is 9.48. The summed E-state index contributed by atoms with van der Waals surface area (Å²) < 4.78 is 7.03. The van der Waals surface area contributed by atoms with Gasteiger partial charge in [-0.05, 0) is 94.6 Å². The van der Waals surface area contributed by atoms with Gasteiger partial charge in [0.05, 0.1) is 11.7 Å². The minimum absolute atomic E-state index is 0.0666. The van der Waals surface area contributed by atoms with Crippen molar-refractivity contribution in [3.63, 3.8) is 0 Å². The summed E-state index contributed by atoms with van der Waals surface area (Å²) in [6, 6.07) is 19.0. The van der Waals surface area contributed by atoms with Crippen LogP contribution in [-0.2, 0) is 17.6 Å². The first-order valence-electron chi connectivity index (χ1n) is 15.9. The summed E-state index contributed by atoms with van der Waals surface area (Å²) in [4.78, 5) is 29.4. The number of amides is 1. The van der Waals surface area contributed by atoms with Gasteiger partial charge in [0.25, 0.3) is 6.02 Å². The highest BCUT2D eigenvalue weighted by Crippen LogP contribution is 2.38. The number of hydrogen-bond donors (Lipinski definition) is 0. The molecule has 1 amide bonds. The minimum atomic E-state index is 0.0666. The molecular weight excluding hydrogens is 638 g/mol. The second-order valence-electron chi connectivity index (χ2n) is 11.4. The Kier molecular flexibility index (Phi) is 11.3. The number of carbonyl (C=O) groups is 1. The molecule has 7 nitrogen and oxygen atoms in total. The molecule has 1 aliphatic carbocycles. The van der Waals surface area contributed by atoms with Gasteiger partial charge in [-0.1, -0.05) is 49.7 Å². The molecule has 2 aliphatic heterocycles. The quantitative estimate of drug-likeness (QED) is 0.219. The van der Waals surface area contributed by atoms with Crippen molar-refractivity contribution in [2.75, 3.05) is 46.3 Å². The Labute approximate surface area is 275 Å². The first kappa shape index (κ1) is 32.5. The Balaban J connectivity index is 0.00000188. The molecule has 2 aromatic carbocycles. The second kappa shape index (κ2) is 15.4. The van der Waals surface area contributed by atoms with Gasteiger partial charge in [0, 0.05) is 68.4 Å². The van der Waals surface area contributed by atoms with E-state index in [9.17, 15) is 4.79 Å². The van der Waals surface area contributed by atoms with Gasteiger partial charge in [0.2, 0.25) is 5.91 Å². The maximum Gasteiger partial charge on any atom is 0.292 e. The van der Waals surface area contributed by atoms with Crippen molar-refractivity contribution in [3.05, 3.63) is 92.7 Å². The molecule has 0 bridgehead atoms. The van der Waals surface area contributed by atoms with Crippen molar-refractivity contribution >= 4 is 39.5 Å². The lowest BCUT2D eigenvalue weighted by Gasteiger charge is -2.40. The van der Waals surface area contributed by atoms with E-state index in [1.165, 1.54) is 16.7 Å². The normalized spacial score (nSPS) is 19.3. The fourth-order valence-electron chi connectivity index (χ4n) is 6.56. The summed E-state index contributed by atoms with van der Waals surface area (Å²) in [5, 5.41) is 0.774. The van der Waals surface area contributed by atoms with Crippen molar-refractivity contribution in [2.45, 2.75) is 52.0 Å². The van der Waals surface area contributed by atoms with Crippen LogP contribution in [0.25, 0.3) is 0 Å². The van der Waals surface area contributed by atoms with Gasteiger partial charge < -0.3 is 14.5 Å². The second-order valence-corrected chi connectivity index (χ2v) is 12.8. The Bertz CT molecular complexity index is 1380. The van der Waals surface area contributed by atoms with E-state index in [-0.39, 0.29) is 11.9 Å². The van der Waals surface area contributed by atoms with Crippen LogP contribution >= 0.6 is 27.5 Å². The van der Waals surface area contributed by atoms with Crippen molar-refractivity contribution in [1.82, 2.24) is 19.7 Å². The van der Waals surface area contributed by atoms with Crippen LogP contribution in [0.4, 0.5) is 0 Å². The van der Waals surface area contributed by atoms with E-state index in [1.807, 2.05) is 56.4 Å². The number of pyridine rings is 1. The van der Waals surface area contributed by atoms with Crippen LogP contribution in [0.15, 0.2) is 70.3 Å². The predicted molar refractivity (Wildman–Crippen MR) is 181 cm³/mol. The van der Waals surface area contributed by atoms with E-state index in [4.69, 9.17) is 21.3 Å². The number of ether oxygens (including phenoxy) is 1. The van der Waals surface area contributed by atoms with E-state index >= 15 is 0 Å². The predicted octanol–water partition coefficient (Wildman–Crippen LogP) is 7.02. The Morgan fingerprint density at radius 3 is 2.36 bits per heavy atom. The number of nitrogens with zero attached hydrogens (tertiary/aromatic N) is 5. The van der Waals surface area contributed by atoms with Gasteiger partial charge in [-0.2, -0.15) is 0 Å². The van der Waals surface area contributed by atoms with E-state index in [2.05, 4.69) is 53.8 Å². The number of aryl methyl sites for hydroxylation is 2. The van der Waals surface area contributed by atoms with Crippen LogP contribution < -0.4 is 4.74 Å². The summed E-state index contributed by atoms with van der Waals surface area (Å²) in [7, 11) is 1.77. The van der Waals surface area contributed by atoms with Gasteiger partial charge in [-0.15, -0.1) is 0 Å². The van der Waals surface area contributed by atoms with Gasteiger partial charge in [0.15, 0.2) is 0 Å². The van der Waals surface area contributed by atoms with Crippen molar-refractivity contribution in [1.29, 1.82) is 0 Å². The summed E-state index contributed by atoms with van der Waals surface area (Å²) in [5.74, 6) is 1.45. The van der Waals surface area contributed by atoms with Gasteiger partial charge in [0.1, 0.15) is 5.75 Å². The van der Waals surface area contributed by atoms with Crippen molar-refractivity contribution < 1.29 is 9.53 Å². The molecule has 44 heavy (non-hydrogen) atoms. The van der Waals surface area contributed by atoms with Crippen LogP contribution in [0, 0.1) is 5.92 Å². The lowest BCUT2D eigenvalue weighted by Crippen LogP contribution is -2.50. The van der Waals surface area contributed by atoms with Crippen LogP contribution in [0.3, 0.4) is 0 Å². The minimum Gasteiger partial charge on any atom is -0.426 e. The lowest BCUT2D eigenvalue weighted by molar-refractivity contribution is -0.134. The molecule has 3 heterocycles. The first-order valence-corrected chi connectivity index (χ1v) is 17.0. The number of aromatic nitrogens is 1. The standard InChI is InChI=1S/C33H37BrClN5O2.C2H6/c1-36-33(42-28-5-3-2-4-6-28)40-13-11-23(12-14-40)19-30(41)38-15-17-39(18-16-38)32-29-10-9-27(35)21-24(29)7-8-25-20-26(34)22-37-31(25)32;1-2/h2-6,9-10,20-23,32H,7-8,11-19H2,1H3;1-2H3. The Morgan fingerprint density at radius 1 is 0.955 bits per heavy atom. The maximum atomic E-state index is 13.4. The number of aliphatic imine (C=N–C) groups is 1. The van der Waals surface area contributed by atoms with Crippen molar-refractivity contribution in [3.8, 4) is 5.75 Å². The Hall–Kier alpha value is -2.94.